The first-order chi connectivity index (χ1) is 19.3. The summed E-state index contributed by atoms with van der Waals surface area (Å²) in [4.78, 5) is 16.2. The van der Waals surface area contributed by atoms with Gasteiger partial charge in [0.15, 0.2) is 17.1 Å². The maximum Gasteiger partial charge on any atom is 0.162 e. The van der Waals surface area contributed by atoms with Gasteiger partial charge in [-0.1, -0.05) is 29.5 Å². The molecule has 0 bridgehead atoms. The second-order valence-corrected chi connectivity index (χ2v) is 10.9. The molecule has 1 N–H and O–H groups in total. The molecular weight excluding hydrogens is 502 g/mol. The number of benzene rings is 1. The number of aromatic nitrogens is 8. The number of β-amino-alcohol motifs (C(OH)–C–C–N with tert-alkyl or cyclic N) is 1. The van der Waals surface area contributed by atoms with Crippen LogP contribution in [0.2, 0.25) is 0 Å². The number of rotatable bonds is 5. The van der Waals surface area contributed by atoms with Crippen molar-refractivity contribution in [2.75, 3.05) is 13.1 Å². The van der Waals surface area contributed by atoms with Crippen molar-refractivity contribution in [2.24, 2.45) is 0 Å². The Labute approximate surface area is 231 Å². The lowest BCUT2D eigenvalue weighted by atomic mass is 10.0. The smallest absolute Gasteiger partial charge is 0.162 e. The molecule has 40 heavy (non-hydrogen) atoms. The molecule has 10 nitrogen and oxygen atoms in total. The van der Waals surface area contributed by atoms with E-state index in [-0.39, 0.29) is 0 Å². The van der Waals surface area contributed by atoms with Gasteiger partial charge in [0, 0.05) is 42.3 Å². The van der Waals surface area contributed by atoms with Crippen LogP contribution in [-0.2, 0) is 6.54 Å². The molecule has 0 radical (unpaired) electrons. The highest BCUT2D eigenvalue weighted by molar-refractivity contribution is 5.92. The largest absolute Gasteiger partial charge is 0.389 e. The summed E-state index contributed by atoms with van der Waals surface area (Å²) in [6.45, 7) is 8.30. The second kappa shape index (κ2) is 9.29. The summed E-state index contributed by atoms with van der Waals surface area (Å²) in [5, 5.41) is 24.3. The van der Waals surface area contributed by atoms with Crippen molar-refractivity contribution in [3.63, 3.8) is 0 Å². The predicted molar refractivity (Wildman–Crippen MR) is 152 cm³/mol. The highest BCUT2D eigenvalue weighted by Crippen LogP contribution is 2.30. The molecule has 0 spiro atoms. The second-order valence-electron chi connectivity index (χ2n) is 10.9. The number of pyridine rings is 2. The van der Waals surface area contributed by atoms with Crippen molar-refractivity contribution in [3.05, 3.63) is 84.1 Å². The maximum atomic E-state index is 10.3. The van der Waals surface area contributed by atoms with Gasteiger partial charge < -0.3 is 5.11 Å². The Bertz CT molecular complexity index is 1870. The first kappa shape index (κ1) is 24.5. The van der Waals surface area contributed by atoms with Crippen LogP contribution in [0, 0.1) is 13.8 Å². The third-order valence-electron chi connectivity index (χ3n) is 7.59. The molecule has 200 valence electrons. The molecule has 5 aromatic heterocycles. The molecule has 1 aliphatic heterocycles. The van der Waals surface area contributed by atoms with Gasteiger partial charge in [-0.3, -0.25) is 4.90 Å². The Morgan fingerprint density at radius 3 is 2.60 bits per heavy atom. The zero-order valence-electron chi connectivity index (χ0n) is 22.7. The quantitative estimate of drug-likeness (QED) is 0.353. The van der Waals surface area contributed by atoms with Gasteiger partial charge in [0.25, 0.3) is 0 Å². The molecule has 1 atom stereocenters. The lowest BCUT2D eigenvalue weighted by Crippen LogP contribution is -2.29. The van der Waals surface area contributed by atoms with Crippen LogP contribution >= 0.6 is 0 Å². The highest BCUT2D eigenvalue weighted by Gasteiger charge is 2.31. The molecule has 10 heteroatoms. The van der Waals surface area contributed by atoms with Crippen LogP contribution in [0.4, 0.5) is 0 Å². The van der Waals surface area contributed by atoms with Gasteiger partial charge in [0.05, 0.1) is 35.1 Å². The number of likely N-dealkylation sites (tertiary alicyclic amines) is 1. The van der Waals surface area contributed by atoms with Gasteiger partial charge >= 0.3 is 0 Å². The van der Waals surface area contributed by atoms with E-state index in [1.54, 1.807) is 10.9 Å². The van der Waals surface area contributed by atoms with Crippen molar-refractivity contribution in [3.8, 4) is 28.2 Å². The molecule has 6 heterocycles. The minimum atomic E-state index is -0.583. The average molecular weight is 532 g/mol. The van der Waals surface area contributed by atoms with Crippen LogP contribution in [0.1, 0.15) is 30.3 Å². The van der Waals surface area contributed by atoms with Crippen LogP contribution in [0.5, 0.6) is 0 Å². The molecule has 1 saturated heterocycles. The number of hydrogen-bond acceptors (Lipinski definition) is 8. The van der Waals surface area contributed by atoms with E-state index >= 15 is 0 Å². The summed E-state index contributed by atoms with van der Waals surface area (Å²) in [7, 11) is 0. The summed E-state index contributed by atoms with van der Waals surface area (Å²) in [6.07, 6.45) is 6.26. The van der Waals surface area contributed by atoms with Gasteiger partial charge in [-0.2, -0.15) is 5.10 Å². The van der Waals surface area contributed by atoms with Crippen LogP contribution in [0.3, 0.4) is 0 Å². The Morgan fingerprint density at radius 1 is 1.00 bits per heavy atom. The van der Waals surface area contributed by atoms with E-state index in [0.717, 1.165) is 64.3 Å². The van der Waals surface area contributed by atoms with Gasteiger partial charge in [-0.15, -0.1) is 5.10 Å². The molecule has 7 rings (SSSR count). The van der Waals surface area contributed by atoms with E-state index in [0.29, 0.717) is 18.0 Å². The molecule has 0 saturated carbocycles. The summed E-state index contributed by atoms with van der Waals surface area (Å²) in [5.41, 5.74) is 7.75. The van der Waals surface area contributed by atoms with Crippen molar-refractivity contribution < 1.29 is 5.11 Å². The van der Waals surface area contributed by atoms with E-state index in [2.05, 4.69) is 50.5 Å². The number of imidazole rings is 1. The topological polar surface area (TPSA) is 110 Å². The van der Waals surface area contributed by atoms with E-state index in [9.17, 15) is 5.11 Å². The predicted octanol–water partition coefficient (Wildman–Crippen LogP) is 4.16. The zero-order chi connectivity index (χ0) is 27.4. The normalized spacial score (nSPS) is 17.8. The summed E-state index contributed by atoms with van der Waals surface area (Å²) < 4.78 is 3.53. The van der Waals surface area contributed by atoms with Crippen molar-refractivity contribution in [1.29, 1.82) is 0 Å². The van der Waals surface area contributed by atoms with E-state index in [1.165, 1.54) is 5.56 Å². The van der Waals surface area contributed by atoms with Crippen LogP contribution in [-0.4, -0.2) is 68.3 Å². The minimum absolute atomic E-state index is 0.583. The van der Waals surface area contributed by atoms with Crippen molar-refractivity contribution in [2.45, 2.75) is 39.3 Å². The molecule has 0 amide bonds. The molecule has 1 aromatic carbocycles. The molecule has 0 unspecified atom stereocenters. The molecule has 1 aliphatic rings. The van der Waals surface area contributed by atoms with Crippen molar-refractivity contribution >= 4 is 16.7 Å². The zero-order valence-corrected chi connectivity index (χ0v) is 22.7. The van der Waals surface area contributed by atoms with E-state index in [4.69, 9.17) is 15.1 Å². The third-order valence-corrected chi connectivity index (χ3v) is 7.59. The lowest BCUT2D eigenvalue weighted by molar-refractivity contribution is 0.0679. The van der Waals surface area contributed by atoms with Gasteiger partial charge in [0.2, 0.25) is 0 Å². The molecule has 6 aromatic rings. The fourth-order valence-corrected chi connectivity index (χ4v) is 5.53. The molecule has 0 aliphatic carbocycles. The SMILES string of the molecule is Cc1cn(-c2ccc3c(-c4cnc5cc(-c6ccc(CN7CC[C@](C)(O)C7)cc6)c(C)nn45)ccnc3n2)nn1. The standard InChI is InChI=1S/C30H29N9O/c1-19-16-38(36-34-19)27-9-8-24-23(10-12-31-29(24)33-27)26-15-32-28-14-25(20(2)35-39(26)28)22-6-4-21(5-7-22)17-37-13-11-30(3,40)18-37/h4-10,12,14-16,40H,11,13,17-18H2,1-3H3/t30-/m0/s1. The Morgan fingerprint density at radius 2 is 1.85 bits per heavy atom. The fourth-order valence-electron chi connectivity index (χ4n) is 5.53. The summed E-state index contributed by atoms with van der Waals surface area (Å²) in [6, 6.07) is 16.6. The highest BCUT2D eigenvalue weighted by atomic mass is 16.3. The number of aryl methyl sites for hydroxylation is 2. The Hall–Kier alpha value is -4.54. The first-order valence-electron chi connectivity index (χ1n) is 13.4. The molecule has 1 fully saturated rings. The summed E-state index contributed by atoms with van der Waals surface area (Å²) >= 11 is 0. The average Bonchev–Trinajstić information content (AvgIpc) is 3.66. The van der Waals surface area contributed by atoms with Crippen molar-refractivity contribution in [1.82, 2.24) is 44.5 Å². The number of aliphatic hydroxyl groups is 1. The monoisotopic (exact) mass is 531 g/mol. The number of hydrogen-bond donors (Lipinski definition) is 1. The van der Waals surface area contributed by atoms with Crippen LogP contribution < -0.4 is 0 Å². The van der Waals surface area contributed by atoms with Crippen LogP contribution in [0.25, 0.3) is 44.9 Å². The molecular formula is C30H29N9O. The number of nitrogens with zero attached hydrogens (tertiary/aromatic N) is 9. The van der Waals surface area contributed by atoms with Gasteiger partial charge in [0.1, 0.15) is 0 Å². The maximum absolute atomic E-state index is 10.3. The van der Waals surface area contributed by atoms with E-state index < -0.39 is 5.60 Å². The van der Waals surface area contributed by atoms with Crippen LogP contribution in [0.15, 0.2) is 67.1 Å². The number of fused-ring (bicyclic) bond motifs is 2. The van der Waals surface area contributed by atoms with E-state index in [1.807, 2.05) is 55.9 Å². The Balaban J connectivity index is 1.20. The summed E-state index contributed by atoms with van der Waals surface area (Å²) in [5.74, 6) is 0.660. The lowest BCUT2D eigenvalue weighted by Gasteiger charge is -2.19. The first-order valence-corrected chi connectivity index (χ1v) is 13.4. The van der Waals surface area contributed by atoms with Gasteiger partial charge in [-0.05, 0) is 62.6 Å². The fraction of sp³-hybridized carbons (Fsp3) is 0.267. The Kier molecular flexibility index (Phi) is 5.69. The van der Waals surface area contributed by atoms with Gasteiger partial charge in [-0.25, -0.2) is 24.1 Å². The minimum Gasteiger partial charge on any atom is -0.389 e. The third kappa shape index (κ3) is 4.41.